The summed E-state index contributed by atoms with van der Waals surface area (Å²) < 4.78 is 29.2. The van der Waals surface area contributed by atoms with E-state index in [1.807, 2.05) is 54.5 Å². The third kappa shape index (κ3) is 4.52. The molecule has 1 aliphatic heterocycles. The zero-order valence-electron chi connectivity index (χ0n) is 17.9. The molecule has 4 heterocycles. The van der Waals surface area contributed by atoms with Crippen molar-refractivity contribution in [2.24, 2.45) is 0 Å². The lowest BCUT2D eigenvalue weighted by molar-refractivity contribution is 0.382. The average molecular weight is 443 g/mol. The fraction of sp³-hybridized carbons (Fsp3) is 0.400. The molecule has 1 fully saturated rings. The molecule has 1 saturated heterocycles. The van der Waals surface area contributed by atoms with Crippen LogP contribution in [0.1, 0.15) is 18.3 Å². The van der Waals surface area contributed by atoms with Crippen molar-refractivity contribution in [3.8, 4) is 0 Å². The van der Waals surface area contributed by atoms with E-state index in [-0.39, 0.29) is 5.03 Å². The Morgan fingerprint density at radius 1 is 1.03 bits per heavy atom. The highest BCUT2D eigenvalue weighted by molar-refractivity contribution is 7.89. The highest BCUT2D eigenvalue weighted by atomic mass is 32.2. The number of sulfonamides is 1. The number of nitrogens with zero attached hydrogens (tertiary/aromatic N) is 7. The van der Waals surface area contributed by atoms with Crippen molar-refractivity contribution < 1.29 is 8.42 Å². The van der Waals surface area contributed by atoms with E-state index >= 15 is 0 Å². The lowest BCUT2D eigenvalue weighted by Gasteiger charge is -2.33. The van der Waals surface area contributed by atoms with Gasteiger partial charge in [-0.1, -0.05) is 0 Å². The summed E-state index contributed by atoms with van der Waals surface area (Å²) in [5.74, 6) is 2.72. The van der Waals surface area contributed by atoms with Gasteiger partial charge in [-0.05, 0) is 50.6 Å². The molecule has 0 atom stereocenters. The van der Waals surface area contributed by atoms with Crippen LogP contribution < -0.4 is 10.2 Å². The number of hydrogen-bond acceptors (Lipinski definition) is 8. The van der Waals surface area contributed by atoms with E-state index < -0.39 is 10.0 Å². The van der Waals surface area contributed by atoms with Crippen molar-refractivity contribution in [3.05, 3.63) is 48.0 Å². The van der Waals surface area contributed by atoms with Gasteiger partial charge in [0.15, 0.2) is 16.7 Å². The molecule has 0 radical (unpaired) electrons. The molecule has 1 aliphatic rings. The Labute approximate surface area is 182 Å². The molecule has 31 heavy (non-hydrogen) atoms. The number of aryl methyl sites for hydroxylation is 3. The maximum atomic E-state index is 12.9. The number of rotatable bonds is 6. The minimum absolute atomic E-state index is 0.111. The Hall–Kier alpha value is -3.05. The van der Waals surface area contributed by atoms with Crippen LogP contribution in [0.5, 0.6) is 0 Å². The minimum Gasteiger partial charge on any atom is -0.352 e. The standard InChI is InChI=1S/C20H26N8O2S/c1-4-26-14-20(22-16(26)3)31(29,30)28-11-9-27(10-12-28)19-6-5-17(24-25-19)23-18-13-15(2)7-8-21-18/h5-8,13-14H,4,9-12H2,1-3H3,(H,21,23,24). The second-order valence-electron chi connectivity index (χ2n) is 7.42. The highest BCUT2D eigenvalue weighted by Crippen LogP contribution is 2.21. The molecule has 1 N–H and O–H groups in total. The van der Waals surface area contributed by atoms with E-state index in [1.54, 1.807) is 12.4 Å². The second kappa shape index (κ2) is 8.60. The summed E-state index contributed by atoms with van der Waals surface area (Å²) in [6, 6.07) is 7.58. The van der Waals surface area contributed by atoms with E-state index in [9.17, 15) is 8.42 Å². The van der Waals surface area contributed by atoms with Gasteiger partial charge in [-0.3, -0.25) is 0 Å². The third-order valence-electron chi connectivity index (χ3n) is 5.28. The molecule has 0 aliphatic carbocycles. The van der Waals surface area contributed by atoms with Crippen molar-refractivity contribution in [1.82, 2.24) is 29.0 Å². The first kappa shape index (κ1) is 21.2. The monoisotopic (exact) mass is 442 g/mol. The first-order valence-electron chi connectivity index (χ1n) is 10.2. The summed E-state index contributed by atoms with van der Waals surface area (Å²) in [7, 11) is -3.60. The highest BCUT2D eigenvalue weighted by Gasteiger charge is 2.31. The Morgan fingerprint density at radius 2 is 1.81 bits per heavy atom. The van der Waals surface area contributed by atoms with Gasteiger partial charge in [0.1, 0.15) is 11.6 Å². The first-order chi connectivity index (χ1) is 14.9. The van der Waals surface area contributed by atoms with Crippen LogP contribution in [0.3, 0.4) is 0 Å². The summed E-state index contributed by atoms with van der Waals surface area (Å²) in [5.41, 5.74) is 1.10. The molecular weight excluding hydrogens is 416 g/mol. The summed E-state index contributed by atoms with van der Waals surface area (Å²) in [6.45, 7) is 8.27. The first-order valence-corrected chi connectivity index (χ1v) is 11.6. The van der Waals surface area contributed by atoms with Crippen LogP contribution in [-0.4, -0.2) is 63.6 Å². The summed E-state index contributed by atoms with van der Waals surface area (Å²) in [4.78, 5) is 10.5. The normalized spacial score (nSPS) is 15.3. The van der Waals surface area contributed by atoms with Gasteiger partial charge < -0.3 is 14.8 Å². The maximum absolute atomic E-state index is 12.9. The Morgan fingerprint density at radius 3 is 2.42 bits per heavy atom. The zero-order chi connectivity index (χ0) is 22.0. The Kier molecular flexibility index (Phi) is 5.88. The number of anilines is 3. The third-order valence-corrected chi connectivity index (χ3v) is 7.05. The van der Waals surface area contributed by atoms with Crippen LogP contribution >= 0.6 is 0 Å². The maximum Gasteiger partial charge on any atom is 0.262 e. The van der Waals surface area contributed by atoms with E-state index in [2.05, 4.69) is 25.5 Å². The summed E-state index contributed by atoms with van der Waals surface area (Å²) >= 11 is 0. The molecule has 3 aromatic rings. The smallest absolute Gasteiger partial charge is 0.262 e. The summed E-state index contributed by atoms with van der Waals surface area (Å²) in [5, 5.41) is 11.8. The molecule has 0 spiro atoms. The van der Waals surface area contributed by atoms with Crippen molar-refractivity contribution in [3.63, 3.8) is 0 Å². The predicted octanol–water partition coefficient (Wildman–Crippen LogP) is 1.96. The predicted molar refractivity (Wildman–Crippen MR) is 118 cm³/mol. The Balaban J connectivity index is 1.39. The van der Waals surface area contributed by atoms with Gasteiger partial charge in [-0.2, -0.15) is 4.31 Å². The second-order valence-corrected chi connectivity index (χ2v) is 9.31. The van der Waals surface area contributed by atoms with Gasteiger partial charge >= 0.3 is 0 Å². The molecule has 4 rings (SSSR count). The molecule has 0 bridgehead atoms. The summed E-state index contributed by atoms with van der Waals surface area (Å²) in [6.07, 6.45) is 3.35. The van der Waals surface area contributed by atoms with Crippen LogP contribution in [0.4, 0.5) is 17.5 Å². The van der Waals surface area contributed by atoms with Gasteiger partial charge in [-0.15, -0.1) is 10.2 Å². The van der Waals surface area contributed by atoms with Crippen LogP contribution in [0.2, 0.25) is 0 Å². The van der Waals surface area contributed by atoms with Gasteiger partial charge in [-0.25, -0.2) is 18.4 Å². The SMILES string of the molecule is CCn1cc(S(=O)(=O)N2CCN(c3ccc(Nc4cc(C)ccn4)nn3)CC2)nc1C. The van der Waals surface area contributed by atoms with Gasteiger partial charge in [0.2, 0.25) is 0 Å². The largest absolute Gasteiger partial charge is 0.352 e. The quantitative estimate of drug-likeness (QED) is 0.617. The average Bonchev–Trinajstić information content (AvgIpc) is 3.16. The molecule has 11 heteroatoms. The van der Waals surface area contributed by atoms with E-state index in [4.69, 9.17) is 0 Å². The van der Waals surface area contributed by atoms with Crippen LogP contribution in [0.15, 0.2) is 41.7 Å². The lowest BCUT2D eigenvalue weighted by atomic mass is 10.3. The Bertz CT molecular complexity index is 1150. The van der Waals surface area contributed by atoms with Crippen LogP contribution in [-0.2, 0) is 16.6 Å². The number of nitrogens with one attached hydrogen (secondary N) is 1. The minimum atomic E-state index is -3.60. The van der Waals surface area contributed by atoms with E-state index in [0.717, 1.165) is 5.56 Å². The van der Waals surface area contributed by atoms with Gasteiger partial charge in [0.05, 0.1) is 0 Å². The fourth-order valence-corrected chi connectivity index (χ4v) is 4.93. The molecule has 3 aromatic heterocycles. The molecule has 10 nitrogen and oxygen atoms in total. The molecule has 0 saturated carbocycles. The number of imidazole rings is 1. The topological polar surface area (TPSA) is 109 Å². The molecule has 0 unspecified atom stereocenters. The van der Waals surface area contributed by atoms with E-state index in [0.29, 0.717) is 56.0 Å². The fourth-order valence-electron chi connectivity index (χ4n) is 3.51. The van der Waals surface area contributed by atoms with Gasteiger partial charge in [0.25, 0.3) is 10.0 Å². The van der Waals surface area contributed by atoms with Crippen molar-refractivity contribution in [2.75, 3.05) is 36.4 Å². The number of hydrogen-bond donors (Lipinski definition) is 1. The number of pyridine rings is 1. The van der Waals surface area contributed by atoms with Crippen molar-refractivity contribution >= 4 is 27.5 Å². The molecule has 0 amide bonds. The van der Waals surface area contributed by atoms with Crippen molar-refractivity contribution in [2.45, 2.75) is 32.3 Å². The van der Waals surface area contributed by atoms with Crippen molar-refractivity contribution in [1.29, 1.82) is 0 Å². The molecule has 164 valence electrons. The number of aromatic nitrogens is 5. The molecule has 0 aromatic carbocycles. The number of piperazine rings is 1. The lowest BCUT2D eigenvalue weighted by Crippen LogP contribution is -2.49. The van der Waals surface area contributed by atoms with E-state index in [1.165, 1.54) is 4.31 Å². The van der Waals surface area contributed by atoms with Crippen LogP contribution in [0.25, 0.3) is 0 Å². The van der Waals surface area contributed by atoms with Crippen LogP contribution in [0, 0.1) is 13.8 Å². The molecular formula is C20H26N8O2S. The van der Waals surface area contributed by atoms with Gasteiger partial charge in [0, 0.05) is 45.1 Å². The zero-order valence-corrected chi connectivity index (χ0v) is 18.7.